The molecule has 26 valence electrons. The second kappa shape index (κ2) is 9.74. The summed E-state index contributed by atoms with van der Waals surface area (Å²) in [6.07, 6.45) is 0. The molecule has 0 aliphatic rings. The van der Waals surface area contributed by atoms with Gasteiger partial charge in [-0.2, -0.15) is 0 Å². The normalized spacial score (nSPS) is 4.50. The van der Waals surface area contributed by atoms with E-state index in [0.717, 1.165) is 0 Å². The predicted octanol–water partition coefficient (Wildman–Crippen LogP) is -1.35. The molecule has 0 heterocycles. The first-order valence-corrected chi connectivity index (χ1v) is 1.00. The fourth-order valence-electron chi connectivity index (χ4n) is 0. The van der Waals surface area contributed by atoms with E-state index in [1.54, 1.807) is 0 Å². The molecule has 0 aromatic rings. The van der Waals surface area contributed by atoms with Crippen LogP contribution in [0.4, 0.5) is 0 Å². The van der Waals surface area contributed by atoms with Gasteiger partial charge in [0.15, 0.2) is 17.4 Å². The van der Waals surface area contributed by atoms with Crippen molar-refractivity contribution >= 4 is 17.4 Å². The van der Waals surface area contributed by atoms with Gasteiger partial charge in [0.1, 0.15) is 0 Å². The zero-order valence-corrected chi connectivity index (χ0v) is 2.50. The average Bonchev–Trinajstić information content (AvgIpc) is 0.918. The van der Waals surface area contributed by atoms with Gasteiger partial charge in [0.05, 0.1) is 0 Å². The molecule has 0 saturated carbocycles. The fourth-order valence-corrected chi connectivity index (χ4v) is 0. The molecule has 0 atom stereocenters. The Bertz CT molecular complexity index is 6.00. The van der Waals surface area contributed by atoms with E-state index in [1.165, 1.54) is 0 Å². The van der Waals surface area contributed by atoms with Crippen molar-refractivity contribution in [3.8, 4) is 0 Å². The van der Waals surface area contributed by atoms with E-state index < -0.39 is 0 Å². The molecule has 0 saturated heterocycles. The summed E-state index contributed by atoms with van der Waals surface area (Å²) in [6.45, 7) is 0. The van der Waals surface area contributed by atoms with Crippen molar-refractivity contribution in [2.75, 3.05) is 14.1 Å². The van der Waals surface area contributed by atoms with Gasteiger partial charge in [0, 0.05) is 0 Å². The third-order valence-electron chi connectivity index (χ3n) is 0. The molecular formula is C2H10AlN. The second-order valence-electron chi connectivity index (χ2n) is 0.500. The highest BCUT2D eigenvalue weighted by Gasteiger charge is 1.25. The van der Waals surface area contributed by atoms with Gasteiger partial charge in [-0.3, -0.25) is 0 Å². The van der Waals surface area contributed by atoms with E-state index in [2.05, 4.69) is 5.32 Å². The lowest BCUT2D eigenvalue weighted by Gasteiger charge is -1.59. The van der Waals surface area contributed by atoms with Crippen molar-refractivity contribution in [2.45, 2.75) is 0 Å². The van der Waals surface area contributed by atoms with Gasteiger partial charge in [-0.1, -0.05) is 0 Å². The molecule has 0 aromatic carbocycles. The lowest BCUT2D eigenvalue weighted by atomic mass is 11.3. The van der Waals surface area contributed by atoms with Crippen molar-refractivity contribution in [3.05, 3.63) is 0 Å². The molecule has 1 nitrogen and oxygen atoms in total. The minimum atomic E-state index is 0. The molecule has 0 aliphatic carbocycles. The second-order valence-corrected chi connectivity index (χ2v) is 0.500. The lowest BCUT2D eigenvalue weighted by Crippen LogP contribution is -1.89. The topological polar surface area (TPSA) is 12.0 Å². The van der Waals surface area contributed by atoms with E-state index >= 15 is 0 Å². The van der Waals surface area contributed by atoms with Crippen LogP contribution in [0.25, 0.3) is 0 Å². The highest BCUT2D eigenvalue weighted by atomic mass is 27.0. The monoisotopic (exact) mass is 75.1 g/mol. The number of nitrogens with one attached hydrogen (secondary N) is 1. The van der Waals surface area contributed by atoms with Crippen molar-refractivity contribution in [3.63, 3.8) is 0 Å². The minimum Gasteiger partial charge on any atom is -0.323 e. The van der Waals surface area contributed by atoms with Crippen LogP contribution in [0.1, 0.15) is 0 Å². The first-order chi connectivity index (χ1) is 1.41. The van der Waals surface area contributed by atoms with Crippen LogP contribution in [0.2, 0.25) is 0 Å². The molecule has 2 heteroatoms. The lowest BCUT2D eigenvalue weighted by molar-refractivity contribution is 1.02. The molecule has 4 heavy (non-hydrogen) atoms. The Labute approximate surface area is 37.5 Å². The third-order valence-corrected chi connectivity index (χ3v) is 0. The summed E-state index contributed by atoms with van der Waals surface area (Å²) < 4.78 is 0. The van der Waals surface area contributed by atoms with Crippen LogP contribution in [0, 0.1) is 0 Å². The maximum absolute atomic E-state index is 2.75. The van der Waals surface area contributed by atoms with E-state index in [4.69, 9.17) is 0 Å². The van der Waals surface area contributed by atoms with Gasteiger partial charge < -0.3 is 5.32 Å². The molecule has 0 aliphatic heterocycles. The van der Waals surface area contributed by atoms with Crippen LogP contribution in [0.3, 0.4) is 0 Å². The molecule has 0 rings (SSSR count). The Kier molecular flexibility index (Phi) is 21.5. The zero-order valence-electron chi connectivity index (χ0n) is 2.50. The summed E-state index contributed by atoms with van der Waals surface area (Å²) in [5.41, 5.74) is 0. The summed E-state index contributed by atoms with van der Waals surface area (Å²) in [7, 11) is 3.75. The standard InChI is InChI=1S/C2H7N.Al.3H/c1-3-2;;;;/h3H,1-2H3;;;;. The first kappa shape index (κ1) is 8.82. The van der Waals surface area contributed by atoms with Gasteiger partial charge in [-0.25, -0.2) is 0 Å². The quantitative estimate of drug-likeness (QED) is 0.351. The number of hydrogen-bond acceptors (Lipinski definition) is 1. The highest BCUT2D eigenvalue weighted by molar-refractivity contribution is 5.75. The molecule has 0 fully saturated rings. The Morgan fingerprint density at radius 3 is 1.25 bits per heavy atom. The third kappa shape index (κ3) is 22.9. The van der Waals surface area contributed by atoms with E-state index in [1.807, 2.05) is 14.1 Å². The van der Waals surface area contributed by atoms with Gasteiger partial charge in [0.2, 0.25) is 0 Å². The number of hydrogen-bond donors (Lipinski definition) is 1. The molecule has 0 radical (unpaired) electrons. The van der Waals surface area contributed by atoms with Gasteiger partial charge >= 0.3 is 0 Å². The first-order valence-electron chi connectivity index (χ1n) is 1.00. The van der Waals surface area contributed by atoms with Gasteiger partial charge in [-0.15, -0.1) is 0 Å². The van der Waals surface area contributed by atoms with Crippen LogP contribution >= 0.6 is 0 Å². The van der Waals surface area contributed by atoms with Crippen LogP contribution in [0.5, 0.6) is 0 Å². The SMILES string of the molecule is CNC.[AlH3]. The summed E-state index contributed by atoms with van der Waals surface area (Å²) in [4.78, 5) is 0. The largest absolute Gasteiger partial charge is 0.323 e. The molecule has 0 aromatic heterocycles. The van der Waals surface area contributed by atoms with Crippen molar-refractivity contribution < 1.29 is 0 Å². The van der Waals surface area contributed by atoms with Crippen LogP contribution in [-0.2, 0) is 0 Å². The summed E-state index contributed by atoms with van der Waals surface area (Å²) >= 11 is 0. The van der Waals surface area contributed by atoms with Crippen LogP contribution < -0.4 is 5.32 Å². The average molecular weight is 75.1 g/mol. The molecular weight excluding hydrogens is 65.0 g/mol. The van der Waals surface area contributed by atoms with Crippen molar-refractivity contribution in [1.82, 2.24) is 5.32 Å². The Hall–Kier alpha value is 0.492. The molecule has 0 amide bonds. The molecule has 0 bridgehead atoms. The van der Waals surface area contributed by atoms with E-state index in [-0.39, 0.29) is 17.4 Å². The van der Waals surface area contributed by atoms with E-state index in [9.17, 15) is 0 Å². The highest BCUT2D eigenvalue weighted by Crippen LogP contribution is 0.981. The smallest absolute Gasteiger partial charge is 0.187 e. The minimum absolute atomic E-state index is 0. The van der Waals surface area contributed by atoms with Crippen LogP contribution in [-0.4, -0.2) is 31.5 Å². The predicted molar refractivity (Wildman–Crippen MR) is 24.9 cm³/mol. The summed E-state index contributed by atoms with van der Waals surface area (Å²) in [6, 6.07) is 0. The van der Waals surface area contributed by atoms with Crippen LogP contribution in [0.15, 0.2) is 0 Å². The Balaban J connectivity index is 0. The van der Waals surface area contributed by atoms with Gasteiger partial charge in [0.25, 0.3) is 0 Å². The molecule has 0 unspecified atom stereocenters. The summed E-state index contributed by atoms with van der Waals surface area (Å²) in [5.74, 6) is 0. The van der Waals surface area contributed by atoms with Crippen molar-refractivity contribution in [1.29, 1.82) is 0 Å². The number of rotatable bonds is 0. The zero-order chi connectivity index (χ0) is 2.71. The maximum atomic E-state index is 2.75. The van der Waals surface area contributed by atoms with Crippen molar-refractivity contribution in [2.24, 2.45) is 0 Å². The molecule has 0 spiro atoms. The maximum Gasteiger partial charge on any atom is 0.187 e. The van der Waals surface area contributed by atoms with E-state index in [0.29, 0.717) is 0 Å². The van der Waals surface area contributed by atoms with Gasteiger partial charge in [-0.05, 0) is 14.1 Å². The summed E-state index contributed by atoms with van der Waals surface area (Å²) in [5, 5.41) is 2.75. The Morgan fingerprint density at radius 2 is 1.25 bits per heavy atom. The Morgan fingerprint density at radius 1 is 1.25 bits per heavy atom. The molecule has 1 N–H and O–H groups in total. The fraction of sp³-hybridized carbons (Fsp3) is 1.00.